The number of alkyl halides is 4. The summed E-state index contributed by atoms with van der Waals surface area (Å²) in [6.07, 6.45) is -6.35. The van der Waals surface area contributed by atoms with Crippen LogP contribution in [0.3, 0.4) is 0 Å². The molecule has 2 nitrogen and oxygen atoms in total. The molecule has 1 fully saturated rings. The lowest BCUT2D eigenvalue weighted by atomic mass is 10.0. The summed E-state index contributed by atoms with van der Waals surface area (Å²) < 4.78 is 53.5. The average molecular weight is 263 g/mol. The van der Waals surface area contributed by atoms with Crippen molar-refractivity contribution in [3.05, 3.63) is 29.8 Å². The van der Waals surface area contributed by atoms with E-state index in [1.165, 1.54) is 18.2 Å². The van der Waals surface area contributed by atoms with Crippen LogP contribution in [-0.2, 0) is 0 Å². The molecule has 0 unspecified atom stereocenters. The Morgan fingerprint density at radius 2 is 1.94 bits per heavy atom. The fraction of sp³-hybridized carbons (Fsp3) is 0.500. The molecule has 0 bridgehead atoms. The predicted octanol–water partition coefficient (Wildman–Crippen LogP) is 3.33. The van der Waals surface area contributed by atoms with Gasteiger partial charge in [-0.05, 0) is 36.5 Å². The van der Waals surface area contributed by atoms with Crippen molar-refractivity contribution in [2.45, 2.75) is 31.4 Å². The Bertz CT molecular complexity index is 420. The van der Waals surface area contributed by atoms with Gasteiger partial charge in [-0.3, -0.25) is 0 Å². The van der Waals surface area contributed by atoms with Gasteiger partial charge in [0.1, 0.15) is 5.75 Å². The van der Waals surface area contributed by atoms with Gasteiger partial charge >= 0.3 is 12.5 Å². The number of hydrogen-bond donors (Lipinski definition) is 1. The topological polar surface area (TPSA) is 35.2 Å². The Hall–Kier alpha value is -1.30. The molecule has 1 aliphatic rings. The second kappa shape index (κ2) is 4.76. The average Bonchev–Trinajstić information content (AvgIpc) is 3.11. The molecule has 1 atom stereocenters. The van der Waals surface area contributed by atoms with E-state index in [-0.39, 0.29) is 11.8 Å². The minimum atomic E-state index is -4.48. The van der Waals surface area contributed by atoms with E-state index < -0.39 is 12.5 Å². The van der Waals surface area contributed by atoms with E-state index in [2.05, 4.69) is 4.74 Å². The molecule has 0 heterocycles. The number of rotatable bonds is 5. The zero-order valence-corrected chi connectivity index (χ0v) is 9.45. The number of halogens is 4. The molecule has 1 aliphatic carbocycles. The molecule has 0 aliphatic heterocycles. The third kappa shape index (κ3) is 2.93. The molecule has 0 spiro atoms. The van der Waals surface area contributed by atoms with Crippen LogP contribution in [0.5, 0.6) is 5.75 Å². The van der Waals surface area contributed by atoms with Crippen LogP contribution in [-0.4, -0.2) is 12.5 Å². The molecule has 18 heavy (non-hydrogen) atoms. The lowest BCUT2D eigenvalue weighted by molar-refractivity contribution is -0.253. The van der Waals surface area contributed by atoms with E-state index in [1.807, 2.05) is 0 Å². The quantitative estimate of drug-likeness (QED) is 0.827. The Morgan fingerprint density at radius 1 is 1.28 bits per heavy atom. The molecule has 1 aromatic carbocycles. The van der Waals surface area contributed by atoms with Crippen molar-refractivity contribution in [2.24, 2.45) is 11.7 Å². The Balaban J connectivity index is 2.12. The van der Waals surface area contributed by atoms with Crippen molar-refractivity contribution in [1.29, 1.82) is 0 Å². The summed E-state index contributed by atoms with van der Waals surface area (Å²) in [5.74, 6) is 0.0461. The van der Waals surface area contributed by atoms with Gasteiger partial charge in [0.25, 0.3) is 0 Å². The van der Waals surface area contributed by atoms with E-state index in [0.717, 1.165) is 12.8 Å². The largest absolute Gasteiger partial charge is 0.461 e. The fourth-order valence-electron chi connectivity index (χ4n) is 1.71. The second-order valence-corrected chi connectivity index (χ2v) is 4.40. The molecule has 0 aromatic heterocycles. The summed E-state index contributed by atoms with van der Waals surface area (Å²) in [5, 5.41) is 0. The molecular weight excluding hydrogens is 250 g/mol. The highest BCUT2D eigenvalue weighted by Crippen LogP contribution is 2.40. The van der Waals surface area contributed by atoms with Crippen LogP contribution in [0.2, 0.25) is 0 Å². The predicted molar refractivity (Wildman–Crippen MR) is 57.7 cm³/mol. The van der Waals surface area contributed by atoms with Crippen molar-refractivity contribution < 1.29 is 22.3 Å². The molecular formula is C12H13F4NO. The molecule has 1 aromatic rings. The van der Waals surface area contributed by atoms with E-state index in [0.29, 0.717) is 11.5 Å². The van der Waals surface area contributed by atoms with Gasteiger partial charge < -0.3 is 10.5 Å². The maximum absolute atomic E-state index is 12.7. The molecule has 0 amide bonds. The van der Waals surface area contributed by atoms with Gasteiger partial charge in [0, 0.05) is 6.04 Å². The lowest BCUT2D eigenvalue weighted by Crippen LogP contribution is -2.33. The van der Waals surface area contributed by atoms with Crippen LogP contribution in [0, 0.1) is 5.92 Å². The SMILES string of the molecule is N[C@H](c1cccc(OC(F)(F)C(F)F)c1)C1CC1. The first-order valence-corrected chi connectivity index (χ1v) is 5.60. The zero-order chi connectivity index (χ0) is 13.3. The van der Waals surface area contributed by atoms with Gasteiger partial charge in [0.15, 0.2) is 0 Å². The summed E-state index contributed by atoms with van der Waals surface area (Å²) in [5.41, 5.74) is 6.53. The number of nitrogens with two attached hydrogens (primary N) is 1. The van der Waals surface area contributed by atoms with E-state index in [1.54, 1.807) is 6.07 Å². The number of hydrogen-bond acceptors (Lipinski definition) is 2. The van der Waals surface area contributed by atoms with Crippen molar-refractivity contribution in [2.75, 3.05) is 0 Å². The molecule has 0 saturated heterocycles. The first-order chi connectivity index (χ1) is 8.40. The van der Waals surface area contributed by atoms with Crippen molar-refractivity contribution >= 4 is 0 Å². The van der Waals surface area contributed by atoms with Gasteiger partial charge in [0.05, 0.1) is 0 Å². The third-order valence-corrected chi connectivity index (χ3v) is 2.88. The molecule has 6 heteroatoms. The summed E-state index contributed by atoms with van der Waals surface area (Å²) in [6.45, 7) is 0. The minimum Gasteiger partial charge on any atom is -0.428 e. The maximum atomic E-state index is 12.7. The van der Waals surface area contributed by atoms with Gasteiger partial charge in [-0.1, -0.05) is 12.1 Å². The van der Waals surface area contributed by atoms with Crippen LogP contribution in [0.1, 0.15) is 24.4 Å². The standard InChI is InChI=1S/C12H13F4NO/c13-11(14)12(15,16)18-9-3-1-2-8(6-9)10(17)7-4-5-7/h1-3,6-7,10-11H,4-5,17H2/t10-/m0/s1. The normalized spacial score (nSPS) is 17.9. The molecule has 0 radical (unpaired) electrons. The van der Waals surface area contributed by atoms with E-state index in [9.17, 15) is 17.6 Å². The van der Waals surface area contributed by atoms with Gasteiger partial charge in [-0.25, -0.2) is 0 Å². The Morgan fingerprint density at radius 3 is 2.50 bits per heavy atom. The molecule has 2 rings (SSSR count). The molecule has 2 N–H and O–H groups in total. The molecule has 100 valence electrons. The smallest absolute Gasteiger partial charge is 0.428 e. The highest BCUT2D eigenvalue weighted by atomic mass is 19.3. The van der Waals surface area contributed by atoms with Crippen molar-refractivity contribution in [3.63, 3.8) is 0 Å². The second-order valence-electron chi connectivity index (χ2n) is 4.40. The van der Waals surface area contributed by atoms with E-state index in [4.69, 9.17) is 5.73 Å². The van der Waals surface area contributed by atoms with E-state index >= 15 is 0 Å². The summed E-state index contributed by atoms with van der Waals surface area (Å²) in [6, 6.07) is 5.39. The minimum absolute atomic E-state index is 0.256. The molecule has 1 saturated carbocycles. The fourth-order valence-corrected chi connectivity index (χ4v) is 1.71. The van der Waals surface area contributed by atoms with Gasteiger partial charge in [0.2, 0.25) is 0 Å². The Labute approximate surface area is 102 Å². The summed E-state index contributed by atoms with van der Waals surface area (Å²) in [4.78, 5) is 0. The maximum Gasteiger partial charge on any atom is 0.461 e. The van der Waals surface area contributed by atoms with Crippen molar-refractivity contribution in [1.82, 2.24) is 0 Å². The first-order valence-electron chi connectivity index (χ1n) is 5.60. The summed E-state index contributed by atoms with van der Waals surface area (Å²) >= 11 is 0. The third-order valence-electron chi connectivity index (χ3n) is 2.88. The highest BCUT2D eigenvalue weighted by molar-refractivity contribution is 5.31. The van der Waals surface area contributed by atoms with Crippen LogP contribution in [0.4, 0.5) is 17.6 Å². The zero-order valence-electron chi connectivity index (χ0n) is 9.45. The van der Waals surface area contributed by atoms with Crippen molar-refractivity contribution in [3.8, 4) is 5.75 Å². The highest BCUT2D eigenvalue weighted by Gasteiger charge is 2.44. The van der Waals surface area contributed by atoms with Gasteiger partial charge in [-0.2, -0.15) is 17.6 Å². The van der Waals surface area contributed by atoms with Gasteiger partial charge in [-0.15, -0.1) is 0 Å². The first kappa shape index (κ1) is 13.1. The van der Waals surface area contributed by atoms with Crippen LogP contribution in [0.25, 0.3) is 0 Å². The summed E-state index contributed by atoms with van der Waals surface area (Å²) in [7, 11) is 0. The number of benzene rings is 1. The van der Waals surface area contributed by atoms with Crippen LogP contribution >= 0.6 is 0 Å². The van der Waals surface area contributed by atoms with Crippen LogP contribution in [0.15, 0.2) is 24.3 Å². The lowest BCUT2D eigenvalue weighted by Gasteiger charge is -2.18. The monoisotopic (exact) mass is 263 g/mol. The number of ether oxygens (including phenoxy) is 1. The Kier molecular flexibility index (Phi) is 3.47. The van der Waals surface area contributed by atoms with Crippen LogP contribution < -0.4 is 10.5 Å².